The van der Waals surface area contributed by atoms with Crippen LogP contribution in [-0.4, -0.2) is 17.1 Å². The first-order valence-electron chi connectivity index (χ1n) is 6.44. The predicted molar refractivity (Wildman–Crippen MR) is 81.2 cm³/mol. The molecule has 102 valence electrons. The smallest absolute Gasteiger partial charge is 0.253 e. The molecule has 2 rings (SSSR count). The molecule has 3 nitrogen and oxygen atoms in total. The number of anilines is 1. The molecule has 1 unspecified atom stereocenters. The molecule has 2 aromatic carbocycles. The van der Waals surface area contributed by atoms with Crippen molar-refractivity contribution in [2.75, 3.05) is 5.32 Å². The number of hydrogen-bond donors (Lipinski definition) is 2. The minimum absolute atomic E-state index is 0.211. The van der Waals surface area contributed by atoms with Gasteiger partial charge in [0.2, 0.25) is 0 Å². The van der Waals surface area contributed by atoms with Gasteiger partial charge in [-0.15, -0.1) is 0 Å². The summed E-state index contributed by atoms with van der Waals surface area (Å²) in [5.41, 5.74) is 2.34. The van der Waals surface area contributed by atoms with Crippen LogP contribution in [0.3, 0.4) is 0 Å². The third-order valence-corrected chi connectivity index (χ3v) is 2.97. The molecule has 0 aliphatic carbocycles. The lowest BCUT2D eigenvalue weighted by Gasteiger charge is -2.13. The third-order valence-electron chi connectivity index (χ3n) is 2.97. The summed E-state index contributed by atoms with van der Waals surface area (Å²) in [5.74, 6) is -0.423. The normalized spacial score (nSPS) is 11.7. The van der Waals surface area contributed by atoms with E-state index in [1.165, 1.54) is 0 Å². The van der Waals surface area contributed by atoms with Crippen LogP contribution in [0, 0.1) is 0 Å². The van der Waals surface area contributed by atoms with Crippen LogP contribution in [0.5, 0.6) is 0 Å². The number of carbonyl (C=O) groups excluding carboxylic acids is 1. The molecule has 0 aromatic heterocycles. The van der Waals surface area contributed by atoms with Crippen molar-refractivity contribution in [3.63, 3.8) is 0 Å². The van der Waals surface area contributed by atoms with Gasteiger partial charge >= 0.3 is 0 Å². The average molecular weight is 267 g/mol. The van der Waals surface area contributed by atoms with E-state index in [4.69, 9.17) is 0 Å². The van der Waals surface area contributed by atoms with Crippen LogP contribution in [-0.2, 0) is 4.79 Å². The standard InChI is InChI=1S/C17H17NO2/c1-13(14-8-4-2-5-9-14)12-16(19)17(20)18-15-10-6-3-7-11-15/h2-11,16,19H,1,12H2,(H,18,20). The first-order valence-corrected chi connectivity index (χ1v) is 6.44. The number of aliphatic hydroxyl groups excluding tert-OH is 1. The molecule has 0 bridgehead atoms. The quantitative estimate of drug-likeness (QED) is 0.874. The number of para-hydroxylation sites is 1. The molecular formula is C17H17NO2. The molecule has 0 spiro atoms. The highest BCUT2D eigenvalue weighted by atomic mass is 16.3. The van der Waals surface area contributed by atoms with Crippen LogP contribution < -0.4 is 5.32 Å². The summed E-state index contributed by atoms with van der Waals surface area (Å²) in [6.45, 7) is 3.91. The Hall–Kier alpha value is -2.39. The molecule has 2 N–H and O–H groups in total. The van der Waals surface area contributed by atoms with Gasteiger partial charge in [0, 0.05) is 12.1 Å². The molecule has 3 heteroatoms. The fourth-order valence-corrected chi connectivity index (χ4v) is 1.86. The SMILES string of the molecule is C=C(CC(O)C(=O)Nc1ccccc1)c1ccccc1. The van der Waals surface area contributed by atoms with Crippen molar-refractivity contribution in [2.45, 2.75) is 12.5 Å². The molecule has 0 radical (unpaired) electrons. The van der Waals surface area contributed by atoms with Gasteiger partial charge in [0.05, 0.1) is 0 Å². The zero-order valence-corrected chi connectivity index (χ0v) is 11.1. The highest BCUT2D eigenvalue weighted by Gasteiger charge is 2.16. The molecule has 1 amide bonds. The molecule has 1 atom stereocenters. The lowest BCUT2D eigenvalue weighted by atomic mass is 10.0. The Morgan fingerprint density at radius 2 is 1.60 bits per heavy atom. The monoisotopic (exact) mass is 267 g/mol. The van der Waals surface area contributed by atoms with Gasteiger partial charge in [-0.05, 0) is 23.3 Å². The topological polar surface area (TPSA) is 49.3 Å². The predicted octanol–water partition coefficient (Wildman–Crippen LogP) is 3.09. The van der Waals surface area contributed by atoms with Gasteiger partial charge in [-0.25, -0.2) is 0 Å². The summed E-state index contributed by atoms with van der Waals surface area (Å²) >= 11 is 0. The summed E-state index contributed by atoms with van der Waals surface area (Å²) in [7, 11) is 0. The van der Waals surface area contributed by atoms with Gasteiger partial charge < -0.3 is 10.4 Å². The summed E-state index contributed by atoms with van der Waals surface area (Å²) < 4.78 is 0. The minimum Gasteiger partial charge on any atom is -0.383 e. The molecule has 0 aliphatic rings. The van der Waals surface area contributed by atoms with Crippen molar-refractivity contribution < 1.29 is 9.90 Å². The lowest BCUT2D eigenvalue weighted by molar-refractivity contribution is -0.123. The van der Waals surface area contributed by atoms with Crippen molar-refractivity contribution in [1.82, 2.24) is 0 Å². The fraction of sp³-hybridized carbons (Fsp3) is 0.118. The number of benzene rings is 2. The van der Waals surface area contributed by atoms with Gasteiger partial charge in [0.25, 0.3) is 5.91 Å². The van der Waals surface area contributed by atoms with Crippen LogP contribution in [0.25, 0.3) is 5.57 Å². The summed E-state index contributed by atoms with van der Waals surface area (Å²) in [5, 5.41) is 12.6. The first-order chi connectivity index (χ1) is 9.66. The van der Waals surface area contributed by atoms with Gasteiger partial charge in [0.15, 0.2) is 0 Å². The maximum absolute atomic E-state index is 11.9. The van der Waals surface area contributed by atoms with Gasteiger partial charge in [-0.3, -0.25) is 4.79 Å². The van der Waals surface area contributed by atoms with Gasteiger partial charge in [-0.2, -0.15) is 0 Å². The van der Waals surface area contributed by atoms with Gasteiger partial charge in [-0.1, -0.05) is 55.1 Å². The number of amides is 1. The van der Waals surface area contributed by atoms with E-state index in [1.807, 2.05) is 48.5 Å². The van der Waals surface area contributed by atoms with Crippen molar-refractivity contribution >= 4 is 17.2 Å². The van der Waals surface area contributed by atoms with E-state index in [1.54, 1.807) is 12.1 Å². The van der Waals surface area contributed by atoms with E-state index >= 15 is 0 Å². The number of hydrogen-bond acceptors (Lipinski definition) is 2. The Labute approximate surface area is 118 Å². The van der Waals surface area contributed by atoms with Crippen LogP contribution >= 0.6 is 0 Å². The summed E-state index contributed by atoms with van der Waals surface area (Å²) in [6.07, 6.45) is -0.897. The summed E-state index contributed by atoms with van der Waals surface area (Å²) in [6, 6.07) is 18.6. The average Bonchev–Trinajstić information content (AvgIpc) is 2.49. The third kappa shape index (κ3) is 3.80. The molecule has 0 heterocycles. The van der Waals surface area contributed by atoms with Crippen LogP contribution in [0.15, 0.2) is 67.2 Å². The van der Waals surface area contributed by atoms with E-state index in [-0.39, 0.29) is 6.42 Å². The van der Waals surface area contributed by atoms with Crippen molar-refractivity contribution in [2.24, 2.45) is 0 Å². The zero-order chi connectivity index (χ0) is 14.4. The lowest BCUT2D eigenvalue weighted by Crippen LogP contribution is -2.27. The van der Waals surface area contributed by atoms with Crippen LogP contribution in [0.4, 0.5) is 5.69 Å². The second-order valence-electron chi connectivity index (χ2n) is 4.54. The van der Waals surface area contributed by atoms with Crippen LogP contribution in [0.2, 0.25) is 0 Å². The van der Waals surface area contributed by atoms with Gasteiger partial charge in [0.1, 0.15) is 6.10 Å². The molecular weight excluding hydrogens is 250 g/mol. The maximum atomic E-state index is 11.9. The van der Waals surface area contributed by atoms with E-state index in [9.17, 15) is 9.90 Å². The highest BCUT2D eigenvalue weighted by molar-refractivity contribution is 5.95. The number of carbonyl (C=O) groups is 1. The highest BCUT2D eigenvalue weighted by Crippen LogP contribution is 2.18. The largest absolute Gasteiger partial charge is 0.383 e. The fourth-order valence-electron chi connectivity index (χ4n) is 1.86. The zero-order valence-electron chi connectivity index (χ0n) is 11.1. The maximum Gasteiger partial charge on any atom is 0.253 e. The van der Waals surface area contributed by atoms with Crippen molar-refractivity contribution in [3.05, 3.63) is 72.8 Å². The van der Waals surface area contributed by atoms with Crippen molar-refractivity contribution in [3.8, 4) is 0 Å². The first kappa shape index (κ1) is 14.0. The Bertz CT molecular complexity index is 578. The molecule has 0 saturated heterocycles. The molecule has 0 saturated carbocycles. The Morgan fingerprint density at radius 1 is 1.05 bits per heavy atom. The second kappa shape index (κ2) is 6.68. The molecule has 0 fully saturated rings. The summed E-state index contributed by atoms with van der Waals surface area (Å²) in [4.78, 5) is 11.9. The van der Waals surface area contributed by atoms with E-state index in [0.29, 0.717) is 5.69 Å². The number of rotatable bonds is 5. The second-order valence-corrected chi connectivity index (χ2v) is 4.54. The number of aliphatic hydroxyl groups is 1. The van der Waals surface area contributed by atoms with E-state index in [2.05, 4.69) is 11.9 Å². The minimum atomic E-state index is -1.11. The molecule has 0 aliphatic heterocycles. The number of nitrogens with one attached hydrogen (secondary N) is 1. The Balaban J connectivity index is 1.93. The Kier molecular flexibility index (Phi) is 4.69. The Morgan fingerprint density at radius 3 is 2.20 bits per heavy atom. The van der Waals surface area contributed by atoms with Crippen LogP contribution in [0.1, 0.15) is 12.0 Å². The van der Waals surface area contributed by atoms with E-state index in [0.717, 1.165) is 11.1 Å². The molecule has 2 aromatic rings. The van der Waals surface area contributed by atoms with E-state index < -0.39 is 12.0 Å². The molecule has 20 heavy (non-hydrogen) atoms. The van der Waals surface area contributed by atoms with Crippen molar-refractivity contribution in [1.29, 1.82) is 0 Å².